The van der Waals surface area contributed by atoms with E-state index in [1.54, 1.807) is 36.4 Å². The maximum absolute atomic E-state index is 12.7. The summed E-state index contributed by atoms with van der Waals surface area (Å²) in [6.07, 6.45) is 6.78. The van der Waals surface area contributed by atoms with E-state index in [0.717, 1.165) is 22.2 Å². The SMILES string of the molecule is C#CCOc1ccc(/C=C2\SC(=O)N(CC(=O)Nc3ccc(C(C)C)cc3)C2=O)cc1OC. The topological polar surface area (TPSA) is 84.9 Å². The highest BCUT2D eigenvalue weighted by Crippen LogP contribution is 2.34. The summed E-state index contributed by atoms with van der Waals surface area (Å²) in [5.74, 6) is 2.70. The molecule has 1 aliphatic rings. The van der Waals surface area contributed by atoms with Crippen LogP contribution in [0, 0.1) is 12.3 Å². The van der Waals surface area contributed by atoms with Gasteiger partial charge in [0.15, 0.2) is 11.5 Å². The molecule has 0 aromatic heterocycles. The summed E-state index contributed by atoms with van der Waals surface area (Å²) in [5.41, 5.74) is 2.39. The molecule has 2 aromatic carbocycles. The van der Waals surface area contributed by atoms with Crippen LogP contribution in [0.15, 0.2) is 47.4 Å². The molecule has 7 nitrogen and oxygen atoms in total. The van der Waals surface area contributed by atoms with Crippen LogP contribution in [0.4, 0.5) is 10.5 Å². The summed E-state index contributed by atoms with van der Waals surface area (Å²) in [5, 5.41) is 2.22. The van der Waals surface area contributed by atoms with Gasteiger partial charge in [0.1, 0.15) is 13.2 Å². The number of terminal acetylenes is 1. The molecule has 1 saturated heterocycles. The molecule has 8 heteroatoms. The van der Waals surface area contributed by atoms with E-state index in [4.69, 9.17) is 15.9 Å². The molecule has 3 rings (SSSR count). The molecule has 170 valence electrons. The molecule has 1 fully saturated rings. The van der Waals surface area contributed by atoms with Crippen LogP contribution in [0.25, 0.3) is 6.08 Å². The number of hydrogen-bond donors (Lipinski definition) is 1. The van der Waals surface area contributed by atoms with E-state index in [1.807, 2.05) is 12.1 Å². The van der Waals surface area contributed by atoms with Gasteiger partial charge in [-0.2, -0.15) is 0 Å². The molecule has 0 radical (unpaired) electrons. The van der Waals surface area contributed by atoms with Gasteiger partial charge in [-0.1, -0.05) is 38.0 Å². The summed E-state index contributed by atoms with van der Waals surface area (Å²) < 4.78 is 10.7. The zero-order valence-electron chi connectivity index (χ0n) is 18.6. The molecule has 33 heavy (non-hydrogen) atoms. The Bertz CT molecular complexity index is 1130. The molecule has 0 saturated carbocycles. The third-order valence-corrected chi connectivity index (χ3v) is 5.74. The van der Waals surface area contributed by atoms with Gasteiger partial charge in [0, 0.05) is 5.69 Å². The Morgan fingerprint density at radius 2 is 1.91 bits per heavy atom. The summed E-state index contributed by atoms with van der Waals surface area (Å²) in [6, 6.07) is 12.5. The number of benzene rings is 2. The van der Waals surface area contributed by atoms with Crippen molar-refractivity contribution in [2.45, 2.75) is 19.8 Å². The highest BCUT2D eigenvalue weighted by atomic mass is 32.2. The maximum atomic E-state index is 12.7. The summed E-state index contributed by atoms with van der Waals surface area (Å²) in [7, 11) is 1.49. The number of rotatable bonds is 8. The van der Waals surface area contributed by atoms with Crippen molar-refractivity contribution in [2.24, 2.45) is 0 Å². The van der Waals surface area contributed by atoms with E-state index in [0.29, 0.717) is 28.7 Å². The van der Waals surface area contributed by atoms with Crippen molar-refractivity contribution in [3.05, 3.63) is 58.5 Å². The number of nitrogens with zero attached hydrogens (tertiary/aromatic N) is 1. The molecule has 2 aromatic rings. The van der Waals surface area contributed by atoms with Crippen LogP contribution in [-0.2, 0) is 9.59 Å². The molecule has 1 heterocycles. The van der Waals surface area contributed by atoms with Crippen LogP contribution in [0.2, 0.25) is 0 Å². The average molecular weight is 465 g/mol. The van der Waals surface area contributed by atoms with Crippen molar-refractivity contribution in [1.29, 1.82) is 0 Å². The normalized spacial score (nSPS) is 14.5. The number of hydrogen-bond acceptors (Lipinski definition) is 6. The first kappa shape index (κ1) is 24.0. The van der Waals surface area contributed by atoms with Gasteiger partial charge in [-0.15, -0.1) is 6.42 Å². The van der Waals surface area contributed by atoms with Gasteiger partial charge in [-0.25, -0.2) is 0 Å². The van der Waals surface area contributed by atoms with Crippen LogP contribution in [-0.4, -0.2) is 42.2 Å². The van der Waals surface area contributed by atoms with Crippen molar-refractivity contribution >= 4 is 40.6 Å². The number of methoxy groups -OCH3 is 1. The van der Waals surface area contributed by atoms with Gasteiger partial charge in [-0.3, -0.25) is 19.3 Å². The third-order valence-electron chi connectivity index (χ3n) is 4.83. The number of anilines is 1. The standard InChI is InChI=1S/C25H24N2O5S/c1-5-12-32-20-11-6-17(13-21(20)31-4)14-22-24(29)27(25(30)33-22)15-23(28)26-19-9-7-18(8-10-19)16(2)3/h1,6-11,13-14,16H,12,15H2,2-4H3,(H,26,28)/b22-14-. The number of ether oxygens (including phenoxy) is 2. The number of thioether (sulfide) groups is 1. The van der Waals surface area contributed by atoms with Crippen molar-refractivity contribution in [3.63, 3.8) is 0 Å². The lowest BCUT2D eigenvalue weighted by Gasteiger charge is -2.13. The Kier molecular flexibility index (Phi) is 7.80. The Hall–Kier alpha value is -3.70. The zero-order chi connectivity index (χ0) is 24.0. The van der Waals surface area contributed by atoms with Gasteiger partial charge in [0.2, 0.25) is 5.91 Å². The Labute approximate surface area is 197 Å². The van der Waals surface area contributed by atoms with Crippen molar-refractivity contribution in [3.8, 4) is 23.8 Å². The first-order chi connectivity index (χ1) is 15.8. The maximum Gasteiger partial charge on any atom is 0.294 e. The first-order valence-electron chi connectivity index (χ1n) is 10.2. The lowest BCUT2D eigenvalue weighted by molar-refractivity contribution is -0.127. The molecular weight excluding hydrogens is 440 g/mol. The monoisotopic (exact) mass is 464 g/mol. The second kappa shape index (κ2) is 10.7. The van der Waals surface area contributed by atoms with E-state index in [2.05, 4.69) is 25.1 Å². The Balaban J connectivity index is 1.68. The molecule has 0 aliphatic carbocycles. The van der Waals surface area contributed by atoms with E-state index in [1.165, 1.54) is 7.11 Å². The molecule has 0 spiro atoms. The Morgan fingerprint density at radius 3 is 2.55 bits per heavy atom. The number of carbonyl (C=O) groups excluding carboxylic acids is 3. The second-order valence-corrected chi connectivity index (χ2v) is 8.49. The van der Waals surface area contributed by atoms with Crippen LogP contribution in [0.3, 0.4) is 0 Å². The van der Waals surface area contributed by atoms with Gasteiger partial charge < -0.3 is 14.8 Å². The fourth-order valence-corrected chi connectivity index (χ4v) is 3.93. The minimum atomic E-state index is -0.526. The first-order valence-corrected chi connectivity index (χ1v) is 11.0. The van der Waals surface area contributed by atoms with Crippen LogP contribution < -0.4 is 14.8 Å². The van der Waals surface area contributed by atoms with Crippen LogP contribution >= 0.6 is 11.8 Å². The number of carbonyl (C=O) groups is 3. The lowest BCUT2D eigenvalue weighted by Crippen LogP contribution is -2.36. The Morgan fingerprint density at radius 1 is 1.18 bits per heavy atom. The summed E-state index contributed by atoms with van der Waals surface area (Å²) in [4.78, 5) is 38.7. The van der Waals surface area contributed by atoms with E-state index in [-0.39, 0.29) is 18.1 Å². The van der Waals surface area contributed by atoms with E-state index in [9.17, 15) is 14.4 Å². The van der Waals surface area contributed by atoms with Gasteiger partial charge in [0.05, 0.1) is 12.0 Å². The minimum absolute atomic E-state index is 0.0958. The molecule has 0 bridgehead atoms. The largest absolute Gasteiger partial charge is 0.493 e. The van der Waals surface area contributed by atoms with Gasteiger partial charge >= 0.3 is 0 Å². The average Bonchev–Trinajstić information content (AvgIpc) is 3.05. The van der Waals surface area contributed by atoms with Crippen molar-refractivity contribution in [2.75, 3.05) is 25.6 Å². The summed E-state index contributed by atoms with van der Waals surface area (Å²) in [6.45, 7) is 3.89. The third kappa shape index (κ3) is 5.96. The van der Waals surface area contributed by atoms with E-state index >= 15 is 0 Å². The van der Waals surface area contributed by atoms with E-state index < -0.39 is 17.1 Å². The van der Waals surface area contributed by atoms with Crippen molar-refractivity contribution in [1.82, 2.24) is 4.90 Å². The molecule has 3 amide bonds. The number of imide groups is 1. The number of nitrogens with one attached hydrogen (secondary N) is 1. The molecule has 0 atom stereocenters. The second-order valence-electron chi connectivity index (χ2n) is 7.50. The predicted molar refractivity (Wildman–Crippen MR) is 129 cm³/mol. The summed E-state index contributed by atoms with van der Waals surface area (Å²) >= 11 is 0.782. The lowest BCUT2D eigenvalue weighted by atomic mass is 10.0. The van der Waals surface area contributed by atoms with Crippen molar-refractivity contribution < 1.29 is 23.9 Å². The number of amides is 3. The molecular formula is C25H24N2O5S. The van der Waals surface area contributed by atoms with Crippen LogP contribution in [0.5, 0.6) is 11.5 Å². The quantitative estimate of drug-likeness (QED) is 0.457. The molecule has 0 unspecified atom stereocenters. The molecule has 1 aliphatic heterocycles. The highest BCUT2D eigenvalue weighted by molar-refractivity contribution is 8.18. The van der Waals surface area contributed by atoms with Gasteiger partial charge in [-0.05, 0) is 59.1 Å². The highest BCUT2D eigenvalue weighted by Gasteiger charge is 2.36. The predicted octanol–water partition coefficient (Wildman–Crippen LogP) is 4.51. The minimum Gasteiger partial charge on any atom is -0.493 e. The smallest absolute Gasteiger partial charge is 0.294 e. The molecule has 1 N–H and O–H groups in total. The van der Waals surface area contributed by atoms with Crippen LogP contribution in [0.1, 0.15) is 30.9 Å². The van der Waals surface area contributed by atoms with Gasteiger partial charge in [0.25, 0.3) is 11.1 Å². The fraction of sp³-hybridized carbons (Fsp3) is 0.240. The fourth-order valence-electron chi connectivity index (χ4n) is 3.10. The zero-order valence-corrected chi connectivity index (χ0v) is 19.4.